The first-order chi connectivity index (χ1) is 17.5. The molecule has 5 rings (SSSR count). The molecule has 37 heavy (non-hydrogen) atoms. The second-order valence-corrected chi connectivity index (χ2v) is 13.0. The summed E-state index contributed by atoms with van der Waals surface area (Å²) in [6.07, 6.45) is -4.81. The number of anilines is 1. The summed E-state index contributed by atoms with van der Waals surface area (Å²) in [5, 5.41) is 11.8. The molecule has 0 amide bonds. The minimum Gasteiger partial charge on any atom is -0.378 e. The van der Waals surface area contributed by atoms with Crippen LogP contribution in [0.4, 0.5) is 18.9 Å². The number of sulfonamides is 1. The molecule has 3 fully saturated rings. The van der Waals surface area contributed by atoms with Crippen molar-refractivity contribution < 1.29 is 36.2 Å². The van der Waals surface area contributed by atoms with Gasteiger partial charge in [0.25, 0.3) is 10.0 Å². The van der Waals surface area contributed by atoms with Gasteiger partial charge in [0.15, 0.2) is 5.60 Å². The van der Waals surface area contributed by atoms with Gasteiger partial charge < -0.3 is 19.5 Å². The topological polar surface area (TPSA) is 82.6 Å². The quantitative estimate of drug-likeness (QED) is 0.531. The molecule has 2 aromatic rings. The van der Waals surface area contributed by atoms with Gasteiger partial charge in [-0.15, -0.1) is 11.3 Å². The van der Waals surface area contributed by atoms with Gasteiger partial charge in [0, 0.05) is 31.9 Å². The van der Waals surface area contributed by atoms with E-state index in [1.807, 2.05) is 0 Å². The molecule has 3 aliphatic rings. The lowest BCUT2D eigenvalue weighted by Gasteiger charge is -2.50. The molecule has 4 heterocycles. The van der Waals surface area contributed by atoms with Gasteiger partial charge in [0.1, 0.15) is 4.21 Å². The van der Waals surface area contributed by atoms with E-state index in [0.717, 1.165) is 6.92 Å². The Hall–Kier alpha value is -1.74. The minimum absolute atomic E-state index is 0.212. The molecule has 3 aliphatic heterocycles. The van der Waals surface area contributed by atoms with E-state index in [1.54, 1.807) is 29.6 Å². The number of piperazine rings is 1. The van der Waals surface area contributed by atoms with Crippen molar-refractivity contribution in [3.05, 3.63) is 47.3 Å². The molecule has 3 saturated heterocycles. The van der Waals surface area contributed by atoms with E-state index in [9.17, 15) is 26.7 Å². The third-order valence-electron chi connectivity index (χ3n) is 7.45. The molecule has 8 nitrogen and oxygen atoms in total. The van der Waals surface area contributed by atoms with Crippen LogP contribution in [0.1, 0.15) is 12.5 Å². The molecule has 0 radical (unpaired) electrons. The highest BCUT2D eigenvalue weighted by atomic mass is 32.2. The van der Waals surface area contributed by atoms with Crippen LogP contribution in [0.5, 0.6) is 0 Å². The molecule has 0 saturated carbocycles. The Morgan fingerprint density at radius 3 is 2.16 bits per heavy atom. The molecular weight excluding hydrogens is 531 g/mol. The van der Waals surface area contributed by atoms with Crippen LogP contribution in [0.15, 0.2) is 46.0 Å². The standard InChI is InChI=1S/C24H30F3N3O5S2/c1-23(31,24(25,26)27)17-4-6-18(7-5-17)29-9-8-28(37(32,33)22-3-2-10-36-22)11-19(29)12-30(20-13-34-14-20)21-15-35-16-21/h2-7,10,19-21,31H,8-9,11-16H2,1H3/t19-,23+/m1/s1. The fourth-order valence-corrected chi connectivity index (χ4v) is 7.50. The zero-order valence-electron chi connectivity index (χ0n) is 20.3. The van der Waals surface area contributed by atoms with Gasteiger partial charge in [0.2, 0.25) is 0 Å². The number of aliphatic hydroxyl groups is 1. The molecule has 0 aliphatic carbocycles. The molecule has 0 spiro atoms. The fraction of sp³-hybridized carbons (Fsp3) is 0.583. The SMILES string of the molecule is C[C@](O)(c1ccc(N2CCN(S(=O)(=O)c3cccs3)C[C@@H]2CN(C2COC2)C2COC2)cc1)C(F)(F)F. The summed E-state index contributed by atoms with van der Waals surface area (Å²) in [4.78, 5) is 4.37. The number of thiophene rings is 1. The van der Waals surface area contributed by atoms with Crippen molar-refractivity contribution >= 4 is 27.0 Å². The normalized spacial score (nSPS) is 24.1. The first kappa shape index (κ1) is 26.9. The van der Waals surface area contributed by atoms with Gasteiger partial charge in [-0.3, -0.25) is 4.90 Å². The second-order valence-electron chi connectivity index (χ2n) is 9.84. The Labute approximate surface area is 218 Å². The molecule has 1 N–H and O–H groups in total. The van der Waals surface area contributed by atoms with Gasteiger partial charge in [-0.2, -0.15) is 17.5 Å². The molecule has 0 unspecified atom stereocenters. The maximum atomic E-state index is 13.3. The number of hydrogen-bond donors (Lipinski definition) is 1. The van der Waals surface area contributed by atoms with Crippen LogP contribution >= 0.6 is 11.3 Å². The predicted octanol–water partition coefficient (Wildman–Crippen LogP) is 2.50. The minimum atomic E-state index is -4.81. The van der Waals surface area contributed by atoms with Crippen LogP contribution in [0, 0.1) is 0 Å². The number of benzene rings is 1. The maximum absolute atomic E-state index is 13.3. The van der Waals surface area contributed by atoms with Crippen LogP contribution in [-0.4, -0.2) is 99.6 Å². The van der Waals surface area contributed by atoms with Crippen molar-refractivity contribution in [2.24, 2.45) is 0 Å². The number of halogens is 3. The molecular formula is C24H30F3N3O5S2. The molecule has 2 atom stereocenters. The Morgan fingerprint density at radius 2 is 1.68 bits per heavy atom. The van der Waals surface area contributed by atoms with E-state index in [4.69, 9.17) is 9.47 Å². The van der Waals surface area contributed by atoms with Gasteiger partial charge in [-0.05, 0) is 36.1 Å². The lowest BCUT2D eigenvalue weighted by Crippen LogP contribution is -2.65. The number of rotatable bonds is 8. The monoisotopic (exact) mass is 561 g/mol. The summed E-state index contributed by atoms with van der Waals surface area (Å²) < 4.78 is 79.2. The van der Waals surface area contributed by atoms with Gasteiger partial charge in [-0.25, -0.2) is 8.42 Å². The number of ether oxygens (including phenoxy) is 2. The van der Waals surface area contributed by atoms with E-state index in [0.29, 0.717) is 45.2 Å². The second kappa shape index (κ2) is 10.1. The van der Waals surface area contributed by atoms with Gasteiger partial charge in [-0.1, -0.05) is 18.2 Å². The van der Waals surface area contributed by atoms with Crippen molar-refractivity contribution in [1.29, 1.82) is 0 Å². The average Bonchev–Trinajstić information content (AvgIpc) is 3.32. The van der Waals surface area contributed by atoms with Crippen molar-refractivity contribution in [2.45, 2.75) is 41.0 Å². The largest absolute Gasteiger partial charge is 0.421 e. The first-order valence-corrected chi connectivity index (χ1v) is 14.4. The fourth-order valence-electron chi connectivity index (χ4n) is 4.89. The van der Waals surface area contributed by atoms with Crippen LogP contribution in [0.3, 0.4) is 0 Å². The van der Waals surface area contributed by atoms with Crippen molar-refractivity contribution in [2.75, 3.05) is 57.5 Å². The Bertz CT molecular complexity index is 1150. The van der Waals surface area contributed by atoms with Crippen molar-refractivity contribution in [3.8, 4) is 0 Å². The Morgan fingerprint density at radius 1 is 1.05 bits per heavy atom. The van der Waals surface area contributed by atoms with E-state index < -0.39 is 21.8 Å². The summed E-state index contributed by atoms with van der Waals surface area (Å²) in [5.41, 5.74) is -2.54. The predicted molar refractivity (Wildman–Crippen MR) is 132 cm³/mol. The third kappa shape index (κ3) is 5.14. The van der Waals surface area contributed by atoms with E-state index in [1.165, 1.54) is 27.8 Å². The first-order valence-electron chi connectivity index (χ1n) is 12.1. The summed E-state index contributed by atoms with van der Waals surface area (Å²) >= 11 is 1.17. The van der Waals surface area contributed by atoms with Crippen molar-refractivity contribution in [1.82, 2.24) is 9.21 Å². The van der Waals surface area contributed by atoms with Crippen LogP contribution in [0.2, 0.25) is 0 Å². The summed E-state index contributed by atoms with van der Waals surface area (Å²) in [7, 11) is -3.66. The maximum Gasteiger partial charge on any atom is 0.421 e. The lowest BCUT2D eigenvalue weighted by atomic mass is 9.95. The summed E-state index contributed by atoms with van der Waals surface area (Å²) in [6, 6.07) is 9.17. The molecule has 204 valence electrons. The number of alkyl halides is 3. The highest BCUT2D eigenvalue weighted by Gasteiger charge is 2.51. The molecule has 13 heteroatoms. The molecule has 0 bridgehead atoms. The number of nitrogens with zero attached hydrogens (tertiary/aromatic N) is 3. The van der Waals surface area contributed by atoms with Gasteiger partial charge in [0.05, 0.1) is 44.6 Å². The van der Waals surface area contributed by atoms with Crippen LogP contribution in [0.25, 0.3) is 0 Å². The third-order valence-corrected chi connectivity index (χ3v) is 10.7. The van der Waals surface area contributed by atoms with E-state index >= 15 is 0 Å². The van der Waals surface area contributed by atoms with Gasteiger partial charge >= 0.3 is 6.18 Å². The van der Waals surface area contributed by atoms with E-state index in [2.05, 4.69) is 9.80 Å². The lowest BCUT2D eigenvalue weighted by molar-refractivity contribution is -0.258. The van der Waals surface area contributed by atoms with Crippen LogP contribution in [-0.2, 0) is 25.1 Å². The smallest absolute Gasteiger partial charge is 0.378 e. The summed E-state index contributed by atoms with van der Waals surface area (Å²) in [5.74, 6) is 0. The molecule has 1 aromatic carbocycles. The van der Waals surface area contributed by atoms with Crippen LogP contribution < -0.4 is 4.90 Å². The highest BCUT2D eigenvalue weighted by molar-refractivity contribution is 7.91. The highest BCUT2D eigenvalue weighted by Crippen LogP contribution is 2.39. The van der Waals surface area contributed by atoms with Crippen molar-refractivity contribution in [3.63, 3.8) is 0 Å². The number of hydrogen-bond acceptors (Lipinski definition) is 8. The zero-order chi connectivity index (χ0) is 26.4. The zero-order valence-corrected chi connectivity index (χ0v) is 21.9. The Kier molecular flexibility index (Phi) is 7.33. The molecule has 1 aromatic heterocycles. The Balaban J connectivity index is 1.42. The summed E-state index contributed by atoms with van der Waals surface area (Å²) in [6.45, 7) is 4.55. The average molecular weight is 562 g/mol. The van der Waals surface area contributed by atoms with E-state index in [-0.39, 0.29) is 41.0 Å².